The fraction of sp³-hybridized carbons (Fsp3) is 0.533. The van der Waals surface area contributed by atoms with Crippen molar-refractivity contribution < 1.29 is 4.79 Å². The minimum atomic E-state index is -0.436. The molecule has 1 aromatic rings. The van der Waals surface area contributed by atoms with Crippen LogP contribution in [0.5, 0.6) is 0 Å². The van der Waals surface area contributed by atoms with E-state index < -0.39 is 5.91 Å². The Bertz CT molecular complexity index is 534. The number of hydrogen-bond acceptors (Lipinski definition) is 3. The molecular formula is C15H20ClN3O. The van der Waals surface area contributed by atoms with E-state index in [1.165, 1.54) is 0 Å². The Morgan fingerprint density at radius 3 is 2.95 bits per heavy atom. The molecule has 0 radical (unpaired) electrons. The van der Waals surface area contributed by atoms with Gasteiger partial charge in [0.15, 0.2) is 0 Å². The maximum atomic E-state index is 11.1. The van der Waals surface area contributed by atoms with Crippen molar-refractivity contribution in [2.75, 3.05) is 19.6 Å². The highest BCUT2D eigenvalue weighted by molar-refractivity contribution is 6.31. The third kappa shape index (κ3) is 2.43. The maximum absolute atomic E-state index is 11.1. The van der Waals surface area contributed by atoms with Gasteiger partial charge < -0.3 is 11.1 Å². The second kappa shape index (κ2) is 5.35. The van der Waals surface area contributed by atoms with Gasteiger partial charge in [0.25, 0.3) is 0 Å². The molecule has 2 fully saturated rings. The van der Waals surface area contributed by atoms with E-state index in [2.05, 4.69) is 17.1 Å². The largest absolute Gasteiger partial charge is 0.366 e. The molecule has 4 nitrogen and oxygen atoms in total. The van der Waals surface area contributed by atoms with Crippen LogP contribution in [0.15, 0.2) is 18.2 Å². The first-order chi connectivity index (χ1) is 9.56. The molecule has 2 saturated heterocycles. The van der Waals surface area contributed by atoms with Gasteiger partial charge in [0.2, 0.25) is 5.91 Å². The number of primary amides is 1. The van der Waals surface area contributed by atoms with Gasteiger partial charge in [-0.3, -0.25) is 9.69 Å². The van der Waals surface area contributed by atoms with Gasteiger partial charge in [-0.1, -0.05) is 17.7 Å². The summed E-state index contributed by atoms with van der Waals surface area (Å²) in [6, 6.07) is 5.91. The minimum Gasteiger partial charge on any atom is -0.366 e. The van der Waals surface area contributed by atoms with Crippen molar-refractivity contribution in [3.8, 4) is 0 Å². The molecular weight excluding hydrogens is 274 g/mol. The van der Waals surface area contributed by atoms with Crippen LogP contribution in [0.3, 0.4) is 0 Å². The summed E-state index contributed by atoms with van der Waals surface area (Å²) in [5.74, 6) is 1.07. The second-order valence-electron chi connectivity index (χ2n) is 5.92. The van der Waals surface area contributed by atoms with Gasteiger partial charge in [-0.25, -0.2) is 0 Å². The summed E-state index contributed by atoms with van der Waals surface area (Å²) < 4.78 is 0. The topological polar surface area (TPSA) is 58.4 Å². The Kier molecular flexibility index (Phi) is 3.71. The van der Waals surface area contributed by atoms with Gasteiger partial charge in [0.1, 0.15) is 0 Å². The first-order valence-electron chi connectivity index (χ1n) is 7.09. The summed E-state index contributed by atoms with van der Waals surface area (Å²) in [6.45, 7) is 6.50. The lowest BCUT2D eigenvalue weighted by Gasteiger charge is -2.24. The van der Waals surface area contributed by atoms with Gasteiger partial charge in [0.05, 0.1) is 0 Å². The summed E-state index contributed by atoms with van der Waals surface area (Å²) in [5.41, 5.74) is 6.80. The molecule has 2 aliphatic rings. The third-order valence-corrected chi connectivity index (χ3v) is 5.12. The Labute approximate surface area is 124 Å². The summed E-state index contributed by atoms with van der Waals surface area (Å²) in [4.78, 5) is 13.6. The number of hydrogen-bond donors (Lipinski definition) is 2. The fourth-order valence-electron chi connectivity index (χ4n) is 3.51. The Balaban J connectivity index is 1.74. The van der Waals surface area contributed by atoms with E-state index in [1.54, 1.807) is 12.1 Å². The van der Waals surface area contributed by atoms with E-state index >= 15 is 0 Å². The number of amides is 1. The second-order valence-corrected chi connectivity index (χ2v) is 6.33. The van der Waals surface area contributed by atoms with E-state index in [1.807, 2.05) is 6.07 Å². The van der Waals surface area contributed by atoms with E-state index in [0.717, 1.165) is 43.6 Å². The molecule has 1 amide bonds. The molecule has 0 aliphatic carbocycles. The lowest BCUT2D eigenvalue weighted by molar-refractivity contribution is 0.100. The van der Waals surface area contributed by atoms with Crippen molar-refractivity contribution in [3.63, 3.8) is 0 Å². The minimum absolute atomic E-state index is 0.436. The van der Waals surface area contributed by atoms with Gasteiger partial charge in [-0.2, -0.15) is 0 Å². The molecule has 108 valence electrons. The average molecular weight is 294 g/mol. The van der Waals surface area contributed by atoms with Crippen molar-refractivity contribution in [2.24, 2.45) is 17.6 Å². The SMILES string of the molecule is CC1C2CNCC2CN1Cc1ccc(C(N)=O)cc1Cl. The zero-order chi connectivity index (χ0) is 14.3. The van der Waals surface area contributed by atoms with Crippen molar-refractivity contribution in [2.45, 2.75) is 19.5 Å². The number of carbonyl (C=O) groups is 1. The number of nitrogens with two attached hydrogens (primary N) is 1. The number of rotatable bonds is 3. The van der Waals surface area contributed by atoms with Crippen molar-refractivity contribution in [3.05, 3.63) is 34.3 Å². The van der Waals surface area contributed by atoms with Crippen molar-refractivity contribution >= 4 is 17.5 Å². The predicted octanol–water partition coefficient (Wildman–Crippen LogP) is 1.48. The first-order valence-corrected chi connectivity index (χ1v) is 7.47. The molecule has 3 rings (SSSR count). The smallest absolute Gasteiger partial charge is 0.248 e. The normalized spacial score (nSPS) is 29.6. The summed E-state index contributed by atoms with van der Waals surface area (Å²) in [5, 5.41) is 4.09. The van der Waals surface area contributed by atoms with E-state index in [9.17, 15) is 4.79 Å². The van der Waals surface area contributed by atoms with Gasteiger partial charge in [-0.05, 0) is 49.5 Å². The summed E-state index contributed by atoms with van der Waals surface area (Å²) in [7, 11) is 0. The molecule has 2 aliphatic heterocycles. The number of benzene rings is 1. The molecule has 20 heavy (non-hydrogen) atoms. The molecule has 3 N–H and O–H groups in total. The van der Waals surface area contributed by atoms with Crippen LogP contribution in [-0.4, -0.2) is 36.5 Å². The highest BCUT2D eigenvalue weighted by atomic mass is 35.5. The molecule has 5 heteroatoms. The number of likely N-dealkylation sites (tertiary alicyclic amines) is 1. The van der Waals surface area contributed by atoms with Crippen molar-refractivity contribution in [1.82, 2.24) is 10.2 Å². The quantitative estimate of drug-likeness (QED) is 0.887. The number of nitrogens with zero attached hydrogens (tertiary/aromatic N) is 1. The molecule has 3 atom stereocenters. The monoisotopic (exact) mass is 293 g/mol. The van der Waals surface area contributed by atoms with E-state index in [-0.39, 0.29) is 0 Å². The molecule has 0 spiro atoms. The van der Waals surface area contributed by atoms with Crippen LogP contribution in [0.25, 0.3) is 0 Å². The van der Waals surface area contributed by atoms with Crippen LogP contribution >= 0.6 is 11.6 Å². The lowest BCUT2D eigenvalue weighted by atomic mass is 9.95. The average Bonchev–Trinajstić information content (AvgIpc) is 2.96. The zero-order valence-corrected chi connectivity index (χ0v) is 12.4. The van der Waals surface area contributed by atoms with Crippen LogP contribution in [0.4, 0.5) is 0 Å². The molecule has 0 aromatic heterocycles. The maximum Gasteiger partial charge on any atom is 0.248 e. The van der Waals surface area contributed by atoms with Crippen LogP contribution in [0.2, 0.25) is 5.02 Å². The number of carbonyl (C=O) groups excluding carboxylic acids is 1. The predicted molar refractivity (Wildman–Crippen MR) is 79.7 cm³/mol. The number of nitrogens with one attached hydrogen (secondary N) is 1. The number of halogens is 1. The van der Waals surface area contributed by atoms with Crippen molar-refractivity contribution in [1.29, 1.82) is 0 Å². The molecule has 2 heterocycles. The zero-order valence-electron chi connectivity index (χ0n) is 11.6. The van der Waals surface area contributed by atoms with E-state index in [4.69, 9.17) is 17.3 Å². The van der Waals surface area contributed by atoms with Crippen LogP contribution in [-0.2, 0) is 6.54 Å². The third-order valence-electron chi connectivity index (χ3n) is 4.77. The van der Waals surface area contributed by atoms with Crippen LogP contribution in [0, 0.1) is 11.8 Å². The fourth-order valence-corrected chi connectivity index (χ4v) is 3.75. The summed E-state index contributed by atoms with van der Waals surface area (Å²) >= 11 is 6.27. The van der Waals surface area contributed by atoms with Gasteiger partial charge in [-0.15, -0.1) is 0 Å². The van der Waals surface area contributed by atoms with Gasteiger partial charge in [0, 0.05) is 29.7 Å². The van der Waals surface area contributed by atoms with E-state index in [0.29, 0.717) is 16.6 Å². The van der Waals surface area contributed by atoms with Crippen LogP contribution in [0.1, 0.15) is 22.8 Å². The molecule has 0 bridgehead atoms. The molecule has 1 aromatic carbocycles. The van der Waals surface area contributed by atoms with Gasteiger partial charge >= 0.3 is 0 Å². The highest BCUT2D eigenvalue weighted by Crippen LogP contribution is 2.34. The standard InChI is InChI=1S/C15H20ClN3O/c1-9-13-6-18-5-12(13)8-19(9)7-11-3-2-10(15(17)20)4-14(11)16/h2-4,9,12-13,18H,5-8H2,1H3,(H2,17,20). The summed E-state index contributed by atoms with van der Waals surface area (Å²) in [6.07, 6.45) is 0. The Hall–Kier alpha value is -1.10. The first kappa shape index (κ1) is 13.9. The number of fused-ring (bicyclic) bond motifs is 1. The Morgan fingerprint density at radius 1 is 1.50 bits per heavy atom. The van der Waals surface area contributed by atoms with Crippen LogP contribution < -0.4 is 11.1 Å². The molecule has 0 saturated carbocycles. The molecule has 3 unspecified atom stereocenters. The Morgan fingerprint density at radius 2 is 2.30 bits per heavy atom. The highest BCUT2D eigenvalue weighted by Gasteiger charge is 2.41. The lowest BCUT2D eigenvalue weighted by Crippen LogP contribution is -2.32.